The largest absolute Gasteiger partial charge is 0.399 e. The Balaban J connectivity index is 2.02. The van der Waals surface area contributed by atoms with Crippen molar-refractivity contribution in [1.82, 2.24) is 5.32 Å². The zero-order chi connectivity index (χ0) is 15.2. The van der Waals surface area contributed by atoms with Gasteiger partial charge < -0.3 is 15.8 Å². The van der Waals surface area contributed by atoms with E-state index in [1.807, 2.05) is 24.3 Å². The smallest absolute Gasteiger partial charge is 0.251 e. The molecule has 0 spiro atoms. The van der Waals surface area contributed by atoms with Crippen molar-refractivity contribution in [2.24, 2.45) is 0 Å². The van der Waals surface area contributed by atoms with E-state index in [1.165, 1.54) is 0 Å². The summed E-state index contributed by atoms with van der Waals surface area (Å²) in [5, 5.41) is 2.88. The monoisotopic (exact) mass is 348 g/mol. The van der Waals surface area contributed by atoms with Gasteiger partial charge in [-0.3, -0.25) is 4.79 Å². The lowest BCUT2D eigenvalue weighted by molar-refractivity contribution is 0.0951. The number of halogens is 1. The summed E-state index contributed by atoms with van der Waals surface area (Å²) in [6, 6.07) is 13.1. The molecule has 0 saturated carbocycles. The maximum absolute atomic E-state index is 12.1. The molecule has 0 aliphatic carbocycles. The minimum absolute atomic E-state index is 0.153. The Morgan fingerprint density at radius 1 is 1.24 bits per heavy atom. The molecule has 0 fully saturated rings. The molecule has 0 aliphatic rings. The summed E-state index contributed by atoms with van der Waals surface area (Å²) in [6.07, 6.45) is 0. The molecule has 5 heteroatoms. The van der Waals surface area contributed by atoms with E-state index >= 15 is 0 Å². The number of rotatable bonds is 5. The van der Waals surface area contributed by atoms with Gasteiger partial charge in [0.2, 0.25) is 0 Å². The summed E-state index contributed by atoms with van der Waals surface area (Å²) in [7, 11) is 1.66. The van der Waals surface area contributed by atoms with Gasteiger partial charge in [0, 0.05) is 29.4 Å². The first-order valence-electron chi connectivity index (χ1n) is 6.49. The molecule has 2 aromatic carbocycles. The maximum atomic E-state index is 12.1. The van der Waals surface area contributed by atoms with Crippen LogP contribution in [-0.4, -0.2) is 13.0 Å². The summed E-state index contributed by atoms with van der Waals surface area (Å²) >= 11 is 3.33. The number of hydrogen-bond donors (Lipinski definition) is 2. The molecule has 0 saturated heterocycles. The lowest BCUT2D eigenvalue weighted by Gasteiger charge is -2.08. The zero-order valence-electron chi connectivity index (χ0n) is 11.7. The molecule has 4 nitrogen and oxygen atoms in total. The van der Waals surface area contributed by atoms with E-state index in [-0.39, 0.29) is 5.91 Å². The minimum atomic E-state index is -0.153. The van der Waals surface area contributed by atoms with Gasteiger partial charge in [-0.15, -0.1) is 0 Å². The highest BCUT2D eigenvalue weighted by molar-refractivity contribution is 9.10. The fourth-order valence-electron chi connectivity index (χ4n) is 2.02. The Kier molecular flexibility index (Phi) is 5.36. The van der Waals surface area contributed by atoms with E-state index < -0.39 is 0 Å². The van der Waals surface area contributed by atoms with Crippen molar-refractivity contribution in [3.8, 4) is 0 Å². The first-order valence-corrected chi connectivity index (χ1v) is 7.29. The highest BCUT2D eigenvalue weighted by Crippen LogP contribution is 2.17. The molecule has 0 atom stereocenters. The number of nitrogens with two attached hydrogens (primary N) is 1. The molecule has 3 N–H and O–H groups in total. The van der Waals surface area contributed by atoms with Crippen molar-refractivity contribution in [2.45, 2.75) is 13.2 Å². The third-order valence-corrected chi connectivity index (χ3v) is 3.40. The second-order valence-electron chi connectivity index (χ2n) is 4.71. The van der Waals surface area contributed by atoms with Crippen LogP contribution < -0.4 is 11.1 Å². The highest BCUT2D eigenvalue weighted by atomic mass is 79.9. The van der Waals surface area contributed by atoms with Crippen LogP contribution in [0.4, 0.5) is 5.69 Å². The van der Waals surface area contributed by atoms with E-state index in [1.54, 1.807) is 25.3 Å². The van der Waals surface area contributed by atoms with Crippen LogP contribution in [-0.2, 0) is 17.9 Å². The Morgan fingerprint density at radius 2 is 2.00 bits per heavy atom. The average Bonchev–Trinajstić information content (AvgIpc) is 2.44. The first kappa shape index (κ1) is 15.5. The molecule has 0 bridgehead atoms. The van der Waals surface area contributed by atoms with Crippen molar-refractivity contribution in [3.05, 3.63) is 63.6 Å². The van der Waals surface area contributed by atoms with E-state index in [0.717, 1.165) is 15.6 Å². The van der Waals surface area contributed by atoms with Crippen LogP contribution in [0.3, 0.4) is 0 Å². The summed E-state index contributed by atoms with van der Waals surface area (Å²) in [5.41, 5.74) is 8.93. The van der Waals surface area contributed by atoms with Crippen LogP contribution in [0.2, 0.25) is 0 Å². The molecule has 0 aromatic heterocycles. The van der Waals surface area contributed by atoms with E-state index in [0.29, 0.717) is 24.4 Å². The van der Waals surface area contributed by atoms with E-state index in [2.05, 4.69) is 21.2 Å². The fourth-order valence-corrected chi connectivity index (χ4v) is 2.53. The van der Waals surface area contributed by atoms with Gasteiger partial charge in [-0.05, 0) is 29.3 Å². The number of carbonyl (C=O) groups is 1. The van der Waals surface area contributed by atoms with Crippen LogP contribution in [0.5, 0.6) is 0 Å². The Bertz CT molecular complexity index is 624. The Morgan fingerprint density at radius 3 is 2.71 bits per heavy atom. The highest BCUT2D eigenvalue weighted by Gasteiger charge is 2.07. The summed E-state index contributed by atoms with van der Waals surface area (Å²) < 4.78 is 5.88. The second-order valence-corrected chi connectivity index (χ2v) is 5.62. The number of amides is 1. The quantitative estimate of drug-likeness (QED) is 0.816. The molecular formula is C16H17BrN2O2. The number of carbonyl (C=O) groups excluding carboxylic acids is 1. The van der Waals surface area contributed by atoms with Crippen LogP contribution in [0.25, 0.3) is 0 Å². The number of ether oxygens (including phenoxy) is 1. The third-order valence-electron chi connectivity index (χ3n) is 2.94. The van der Waals surface area contributed by atoms with Gasteiger partial charge in [-0.25, -0.2) is 0 Å². The Hall–Kier alpha value is -1.85. The maximum Gasteiger partial charge on any atom is 0.251 e. The van der Waals surface area contributed by atoms with Crippen molar-refractivity contribution in [2.75, 3.05) is 12.8 Å². The van der Waals surface area contributed by atoms with Crippen molar-refractivity contribution < 1.29 is 9.53 Å². The number of hydrogen-bond acceptors (Lipinski definition) is 3. The molecule has 1 amide bonds. The molecule has 110 valence electrons. The van der Waals surface area contributed by atoms with Gasteiger partial charge in [0.05, 0.1) is 6.61 Å². The molecule has 0 aliphatic heterocycles. The normalized spacial score (nSPS) is 10.4. The minimum Gasteiger partial charge on any atom is -0.399 e. The van der Waals surface area contributed by atoms with Crippen LogP contribution in [0.1, 0.15) is 21.5 Å². The van der Waals surface area contributed by atoms with Crippen molar-refractivity contribution in [3.63, 3.8) is 0 Å². The molecule has 0 radical (unpaired) electrons. The Labute approximate surface area is 132 Å². The summed E-state index contributed by atoms with van der Waals surface area (Å²) in [4.78, 5) is 12.1. The molecule has 2 rings (SSSR count). The molecule has 0 heterocycles. The first-order chi connectivity index (χ1) is 10.1. The number of nitrogens with one attached hydrogen (secondary N) is 1. The summed E-state index contributed by atoms with van der Waals surface area (Å²) in [5.74, 6) is -0.153. The van der Waals surface area contributed by atoms with E-state index in [9.17, 15) is 4.79 Å². The molecular weight excluding hydrogens is 332 g/mol. The van der Waals surface area contributed by atoms with Crippen molar-refractivity contribution >= 4 is 27.5 Å². The van der Waals surface area contributed by atoms with Gasteiger partial charge in [0.15, 0.2) is 0 Å². The zero-order valence-corrected chi connectivity index (χ0v) is 13.3. The fraction of sp³-hybridized carbons (Fsp3) is 0.188. The van der Waals surface area contributed by atoms with Gasteiger partial charge in [0.1, 0.15) is 0 Å². The topological polar surface area (TPSA) is 64.3 Å². The van der Waals surface area contributed by atoms with Gasteiger partial charge >= 0.3 is 0 Å². The lowest BCUT2D eigenvalue weighted by atomic mass is 10.1. The van der Waals surface area contributed by atoms with Gasteiger partial charge in [-0.2, -0.15) is 0 Å². The average molecular weight is 349 g/mol. The summed E-state index contributed by atoms with van der Waals surface area (Å²) in [6.45, 7) is 1.02. The number of methoxy groups -OCH3 is 1. The second kappa shape index (κ2) is 7.24. The molecule has 2 aromatic rings. The van der Waals surface area contributed by atoms with E-state index in [4.69, 9.17) is 10.5 Å². The van der Waals surface area contributed by atoms with Crippen LogP contribution in [0, 0.1) is 0 Å². The predicted octanol–water partition coefficient (Wildman–Crippen LogP) is 3.11. The molecule has 21 heavy (non-hydrogen) atoms. The number of anilines is 1. The van der Waals surface area contributed by atoms with Crippen LogP contribution >= 0.6 is 15.9 Å². The standard InChI is InChI=1S/C16H17BrN2O2/c1-21-10-12-4-2-3-11(5-12)9-19-16(20)13-6-14(17)8-15(18)7-13/h2-8H,9-10,18H2,1H3,(H,19,20). The van der Waals surface area contributed by atoms with Gasteiger partial charge in [-0.1, -0.05) is 40.2 Å². The van der Waals surface area contributed by atoms with Crippen molar-refractivity contribution in [1.29, 1.82) is 0 Å². The predicted molar refractivity (Wildman–Crippen MR) is 86.9 cm³/mol. The number of benzene rings is 2. The van der Waals surface area contributed by atoms with Gasteiger partial charge in [0.25, 0.3) is 5.91 Å². The van der Waals surface area contributed by atoms with Crippen LogP contribution in [0.15, 0.2) is 46.9 Å². The third kappa shape index (κ3) is 4.58. The SMILES string of the molecule is COCc1cccc(CNC(=O)c2cc(N)cc(Br)c2)c1. The molecule has 0 unspecified atom stereocenters. The number of nitrogen functional groups attached to an aromatic ring is 1. The lowest BCUT2D eigenvalue weighted by Crippen LogP contribution is -2.23.